The summed E-state index contributed by atoms with van der Waals surface area (Å²) < 4.78 is 16.4. The fourth-order valence-corrected chi connectivity index (χ4v) is 5.39. The molecule has 3 aromatic rings. The zero-order chi connectivity index (χ0) is 23.8. The molecule has 8 heteroatoms. The van der Waals surface area contributed by atoms with E-state index in [-0.39, 0.29) is 31.2 Å². The van der Waals surface area contributed by atoms with Crippen LogP contribution in [0.15, 0.2) is 30.3 Å². The highest BCUT2D eigenvalue weighted by atomic mass is 35.5. The van der Waals surface area contributed by atoms with E-state index in [9.17, 15) is 0 Å². The number of thiazole rings is 1. The van der Waals surface area contributed by atoms with Gasteiger partial charge in [0.15, 0.2) is 16.5 Å². The maximum atomic E-state index is 6.65. The van der Waals surface area contributed by atoms with Crippen LogP contribution in [0.25, 0.3) is 11.3 Å². The van der Waals surface area contributed by atoms with E-state index in [4.69, 9.17) is 36.5 Å². The Labute approximate surface area is 221 Å². The molecule has 2 heterocycles. The third-order valence-electron chi connectivity index (χ3n) is 6.42. The lowest BCUT2D eigenvalue weighted by molar-refractivity contribution is 0.174. The van der Waals surface area contributed by atoms with Crippen molar-refractivity contribution >= 4 is 35.3 Å². The number of hydrogen-bond donors (Lipinski definition) is 1. The number of nitrogens with zero attached hydrogens (tertiary/aromatic N) is 1. The normalized spacial score (nSPS) is 15.6. The van der Waals surface area contributed by atoms with E-state index in [1.807, 2.05) is 32.0 Å². The SMILES string of the molecule is COc1cc(Cl)c(-c2nc(C#C[C@@H](N)C(CC3CC3)c3ccc4c(c3)OCO4)sc2C)cc1C.Cl. The van der Waals surface area contributed by atoms with E-state index in [0.717, 1.165) is 61.9 Å². The van der Waals surface area contributed by atoms with Gasteiger partial charge >= 0.3 is 0 Å². The van der Waals surface area contributed by atoms with Crippen molar-refractivity contribution in [1.82, 2.24) is 4.98 Å². The third-order valence-corrected chi connectivity index (χ3v) is 7.62. The lowest BCUT2D eigenvalue weighted by atomic mass is 9.87. The first kappa shape index (κ1) is 25.7. The quantitative estimate of drug-likeness (QED) is 0.368. The van der Waals surface area contributed by atoms with Gasteiger partial charge < -0.3 is 19.9 Å². The number of nitrogens with two attached hydrogens (primary N) is 1. The smallest absolute Gasteiger partial charge is 0.231 e. The minimum Gasteiger partial charge on any atom is -0.496 e. The van der Waals surface area contributed by atoms with Crippen LogP contribution in [-0.4, -0.2) is 24.9 Å². The number of rotatable bonds is 6. The average Bonchev–Trinajstić information content (AvgIpc) is 3.40. The van der Waals surface area contributed by atoms with Crippen LogP contribution in [0.3, 0.4) is 0 Å². The Hall–Kier alpha value is -2.43. The molecule has 35 heavy (non-hydrogen) atoms. The van der Waals surface area contributed by atoms with Crippen molar-refractivity contribution in [1.29, 1.82) is 0 Å². The molecule has 0 spiro atoms. The minimum absolute atomic E-state index is 0. The summed E-state index contributed by atoms with van der Waals surface area (Å²) in [5.41, 5.74) is 10.5. The van der Waals surface area contributed by atoms with Crippen LogP contribution in [0.5, 0.6) is 17.2 Å². The van der Waals surface area contributed by atoms with Crippen molar-refractivity contribution in [3.8, 4) is 40.3 Å². The number of aryl methyl sites for hydroxylation is 2. The third kappa shape index (κ3) is 5.54. The van der Waals surface area contributed by atoms with E-state index >= 15 is 0 Å². The first-order valence-corrected chi connectivity index (χ1v) is 12.6. The van der Waals surface area contributed by atoms with Gasteiger partial charge in [0.2, 0.25) is 6.79 Å². The highest BCUT2D eigenvalue weighted by molar-refractivity contribution is 7.12. The van der Waals surface area contributed by atoms with Crippen LogP contribution in [0.2, 0.25) is 5.02 Å². The van der Waals surface area contributed by atoms with Crippen LogP contribution in [-0.2, 0) is 0 Å². The molecule has 1 saturated carbocycles. The molecule has 5 rings (SSSR count). The predicted molar refractivity (Wildman–Crippen MR) is 143 cm³/mol. The van der Waals surface area contributed by atoms with Crippen molar-refractivity contribution in [2.45, 2.75) is 45.1 Å². The molecule has 0 amide bonds. The van der Waals surface area contributed by atoms with Gasteiger partial charge in [-0.05, 0) is 67.5 Å². The van der Waals surface area contributed by atoms with Crippen LogP contribution >= 0.6 is 35.3 Å². The Morgan fingerprint density at radius 1 is 1.20 bits per heavy atom. The van der Waals surface area contributed by atoms with E-state index in [1.165, 1.54) is 12.8 Å². The molecule has 2 aliphatic rings. The van der Waals surface area contributed by atoms with Crippen molar-refractivity contribution in [2.24, 2.45) is 11.7 Å². The number of hydrogen-bond acceptors (Lipinski definition) is 6. The number of benzene rings is 2. The molecule has 1 aromatic heterocycles. The maximum Gasteiger partial charge on any atom is 0.231 e. The van der Waals surface area contributed by atoms with Crippen molar-refractivity contribution in [3.05, 3.63) is 56.4 Å². The zero-order valence-electron chi connectivity index (χ0n) is 19.9. The van der Waals surface area contributed by atoms with Gasteiger partial charge in [-0.3, -0.25) is 0 Å². The molecule has 1 aliphatic heterocycles. The van der Waals surface area contributed by atoms with Gasteiger partial charge in [-0.2, -0.15) is 0 Å². The van der Waals surface area contributed by atoms with E-state index in [1.54, 1.807) is 18.4 Å². The highest BCUT2D eigenvalue weighted by Gasteiger charge is 2.30. The molecule has 1 fully saturated rings. The largest absolute Gasteiger partial charge is 0.496 e. The maximum absolute atomic E-state index is 6.65. The summed E-state index contributed by atoms with van der Waals surface area (Å²) in [6, 6.07) is 9.64. The lowest BCUT2D eigenvalue weighted by Crippen LogP contribution is -2.27. The van der Waals surface area contributed by atoms with E-state index < -0.39 is 0 Å². The summed E-state index contributed by atoms with van der Waals surface area (Å²) in [6.07, 6.45) is 3.55. The molecule has 1 aliphatic carbocycles. The van der Waals surface area contributed by atoms with Gasteiger partial charge in [0, 0.05) is 16.4 Å². The molecule has 0 bridgehead atoms. The summed E-state index contributed by atoms with van der Waals surface area (Å²) in [5.74, 6) is 9.70. The number of ether oxygens (including phenoxy) is 3. The van der Waals surface area contributed by atoms with Gasteiger partial charge in [0.25, 0.3) is 0 Å². The molecular formula is C27H28Cl2N2O3S. The second kappa shape index (κ2) is 10.7. The van der Waals surface area contributed by atoms with Gasteiger partial charge in [-0.15, -0.1) is 23.7 Å². The zero-order valence-corrected chi connectivity index (χ0v) is 22.3. The molecule has 5 nitrogen and oxygen atoms in total. The summed E-state index contributed by atoms with van der Waals surface area (Å²) in [6.45, 7) is 4.30. The summed E-state index contributed by atoms with van der Waals surface area (Å²) in [4.78, 5) is 5.85. The van der Waals surface area contributed by atoms with E-state index in [0.29, 0.717) is 5.02 Å². The van der Waals surface area contributed by atoms with Crippen LogP contribution in [0.1, 0.15) is 46.2 Å². The predicted octanol–water partition coefficient (Wildman–Crippen LogP) is 6.50. The first-order valence-electron chi connectivity index (χ1n) is 11.4. The molecule has 0 saturated heterocycles. The molecular weight excluding hydrogens is 503 g/mol. The standard InChI is InChI=1S/C27H27ClN2O3S.ClH/c1-15-10-20(21(28)13-24(15)31-3)27-16(2)34-26(30-27)9-7-22(29)19(11-17-4-5-17)18-6-8-23-25(12-18)33-14-32-23;/h6,8,10,12-13,17,19,22H,4-5,11,14,29H2,1-3H3;1H/t19?,22-;/m1./s1. The Bertz CT molecular complexity index is 1290. The van der Waals surface area contributed by atoms with Crippen molar-refractivity contribution in [2.75, 3.05) is 13.9 Å². The lowest BCUT2D eigenvalue weighted by Gasteiger charge is -2.20. The van der Waals surface area contributed by atoms with Crippen LogP contribution in [0, 0.1) is 31.6 Å². The molecule has 2 atom stereocenters. The molecule has 184 valence electrons. The molecule has 1 unspecified atom stereocenters. The van der Waals surface area contributed by atoms with Gasteiger partial charge in [0.1, 0.15) is 5.75 Å². The number of fused-ring (bicyclic) bond motifs is 1. The van der Waals surface area contributed by atoms with Crippen molar-refractivity contribution in [3.63, 3.8) is 0 Å². The second-order valence-corrected chi connectivity index (χ2v) is 10.5. The number of methoxy groups -OCH3 is 1. The first-order chi connectivity index (χ1) is 16.4. The fourth-order valence-electron chi connectivity index (χ4n) is 4.36. The van der Waals surface area contributed by atoms with Crippen molar-refractivity contribution < 1.29 is 14.2 Å². The highest BCUT2D eigenvalue weighted by Crippen LogP contribution is 2.42. The molecule has 2 N–H and O–H groups in total. The Balaban J connectivity index is 0.00000289. The average molecular weight is 532 g/mol. The van der Waals surface area contributed by atoms with Gasteiger partial charge in [-0.25, -0.2) is 4.98 Å². The Morgan fingerprint density at radius 2 is 1.97 bits per heavy atom. The Morgan fingerprint density at radius 3 is 2.71 bits per heavy atom. The Kier molecular flexibility index (Phi) is 7.83. The molecule has 2 aromatic carbocycles. The van der Waals surface area contributed by atoms with E-state index in [2.05, 4.69) is 24.0 Å². The number of aromatic nitrogens is 1. The minimum atomic E-state index is -0.305. The fraction of sp³-hybridized carbons (Fsp3) is 0.370. The summed E-state index contributed by atoms with van der Waals surface area (Å²) >= 11 is 8.10. The second-order valence-electron chi connectivity index (χ2n) is 8.92. The van der Waals surface area contributed by atoms with Crippen LogP contribution < -0.4 is 19.9 Å². The monoisotopic (exact) mass is 530 g/mol. The van der Waals surface area contributed by atoms with Crippen LogP contribution in [0.4, 0.5) is 0 Å². The number of halogens is 2. The summed E-state index contributed by atoms with van der Waals surface area (Å²) in [7, 11) is 1.64. The summed E-state index contributed by atoms with van der Waals surface area (Å²) in [5, 5.41) is 1.35. The molecule has 0 radical (unpaired) electrons. The topological polar surface area (TPSA) is 66.6 Å². The van der Waals surface area contributed by atoms with Gasteiger partial charge in [-0.1, -0.05) is 36.4 Å². The van der Waals surface area contributed by atoms with Gasteiger partial charge in [0.05, 0.1) is 23.9 Å².